The fourth-order valence-corrected chi connectivity index (χ4v) is 3.06. The Morgan fingerprint density at radius 2 is 1.40 bits per heavy atom. The van der Waals surface area contributed by atoms with E-state index in [1.54, 1.807) is 0 Å². The number of carbonyl (C=O) groups is 1. The van der Waals surface area contributed by atoms with Gasteiger partial charge in [0.1, 0.15) is 5.78 Å². The smallest absolute Gasteiger partial charge is 0.133 e. The van der Waals surface area contributed by atoms with Crippen molar-refractivity contribution in [1.29, 1.82) is 0 Å². The molecule has 0 saturated carbocycles. The fraction of sp³-hybridized carbons (Fsp3) is 0.947. The molecule has 0 N–H and O–H groups in total. The van der Waals surface area contributed by atoms with Crippen LogP contribution in [-0.4, -0.2) is 5.78 Å². The number of ketones is 1. The molecule has 1 unspecified atom stereocenters. The van der Waals surface area contributed by atoms with Crippen LogP contribution in [0, 0.1) is 11.3 Å². The van der Waals surface area contributed by atoms with Crippen LogP contribution in [-0.2, 0) is 4.79 Å². The van der Waals surface area contributed by atoms with Gasteiger partial charge in [-0.1, -0.05) is 79.6 Å². The van der Waals surface area contributed by atoms with E-state index < -0.39 is 0 Å². The highest BCUT2D eigenvalue weighted by molar-refractivity contribution is 5.78. The lowest BCUT2D eigenvalue weighted by molar-refractivity contribution is -0.120. The molecule has 0 rings (SSSR count). The first-order valence-electron chi connectivity index (χ1n) is 8.87. The topological polar surface area (TPSA) is 17.1 Å². The second-order valence-corrected chi connectivity index (χ2v) is 7.84. The van der Waals surface area contributed by atoms with Crippen molar-refractivity contribution in [3.8, 4) is 0 Å². The van der Waals surface area contributed by atoms with E-state index in [1.165, 1.54) is 44.9 Å². The molecule has 0 amide bonds. The molecular formula is C19H38O. The maximum Gasteiger partial charge on any atom is 0.133 e. The lowest BCUT2D eigenvalue weighted by Gasteiger charge is -2.22. The Kier molecular flexibility index (Phi) is 11.2. The van der Waals surface area contributed by atoms with Gasteiger partial charge in [-0.15, -0.1) is 0 Å². The molecule has 0 spiro atoms. The van der Waals surface area contributed by atoms with Gasteiger partial charge >= 0.3 is 0 Å². The third-order valence-electron chi connectivity index (χ3n) is 3.85. The Bertz CT molecular complexity index is 237. The van der Waals surface area contributed by atoms with Crippen molar-refractivity contribution < 1.29 is 4.79 Å². The molecule has 1 nitrogen and oxygen atoms in total. The van der Waals surface area contributed by atoms with Crippen molar-refractivity contribution >= 4 is 5.78 Å². The molecule has 120 valence electrons. The predicted octanol–water partition coefficient (Wildman–Crippen LogP) is 6.55. The first-order valence-corrected chi connectivity index (χ1v) is 8.87. The molecule has 1 heteroatoms. The summed E-state index contributed by atoms with van der Waals surface area (Å²) in [6.07, 6.45) is 13.2. The van der Waals surface area contributed by atoms with Crippen molar-refractivity contribution in [1.82, 2.24) is 0 Å². The molecule has 0 aromatic carbocycles. The van der Waals surface area contributed by atoms with E-state index >= 15 is 0 Å². The van der Waals surface area contributed by atoms with Crippen molar-refractivity contribution in [2.24, 2.45) is 11.3 Å². The van der Waals surface area contributed by atoms with Crippen molar-refractivity contribution in [3.63, 3.8) is 0 Å². The summed E-state index contributed by atoms with van der Waals surface area (Å²) in [7, 11) is 0. The third kappa shape index (κ3) is 14.1. The number of hydrogen-bond acceptors (Lipinski definition) is 1. The standard InChI is InChI=1S/C19H38O/c1-6-7-8-9-10-11-12-13-14-18(20)15-17(2)16-19(3,4)5/h17H,6-16H2,1-5H3. The Balaban J connectivity index is 3.45. The molecule has 0 fully saturated rings. The van der Waals surface area contributed by atoms with Crippen LogP contribution >= 0.6 is 0 Å². The molecule has 0 saturated heterocycles. The highest BCUT2D eigenvalue weighted by atomic mass is 16.1. The summed E-state index contributed by atoms with van der Waals surface area (Å²) in [5.74, 6) is 1.02. The van der Waals surface area contributed by atoms with E-state index in [2.05, 4.69) is 34.6 Å². The second kappa shape index (κ2) is 11.3. The molecule has 0 aromatic rings. The van der Waals surface area contributed by atoms with E-state index in [4.69, 9.17) is 0 Å². The number of unbranched alkanes of at least 4 members (excludes halogenated alkanes) is 7. The quantitative estimate of drug-likeness (QED) is 0.371. The van der Waals surface area contributed by atoms with E-state index in [0.29, 0.717) is 17.1 Å². The van der Waals surface area contributed by atoms with Crippen molar-refractivity contribution in [2.45, 2.75) is 105 Å². The van der Waals surface area contributed by atoms with Gasteiger partial charge in [-0.05, 0) is 24.2 Å². The number of carbonyl (C=O) groups excluding carboxylic acids is 1. The molecule has 0 heterocycles. The molecule has 0 aliphatic heterocycles. The SMILES string of the molecule is CCCCCCCCCCC(=O)CC(C)CC(C)(C)C. The lowest BCUT2D eigenvalue weighted by atomic mass is 9.83. The number of rotatable bonds is 12. The summed E-state index contributed by atoms with van der Waals surface area (Å²) < 4.78 is 0. The van der Waals surface area contributed by atoms with Crippen LogP contribution in [0.4, 0.5) is 0 Å². The van der Waals surface area contributed by atoms with Crippen LogP contribution in [0.5, 0.6) is 0 Å². The second-order valence-electron chi connectivity index (χ2n) is 7.84. The van der Waals surface area contributed by atoms with E-state index in [9.17, 15) is 4.79 Å². The maximum absolute atomic E-state index is 11.9. The third-order valence-corrected chi connectivity index (χ3v) is 3.85. The first-order chi connectivity index (χ1) is 9.35. The minimum Gasteiger partial charge on any atom is -0.300 e. The molecule has 1 atom stereocenters. The molecule has 0 aliphatic rings. The Morgan fingerprint density at radius 1 is 0.900 bits per heavy atom. The molecular weight excluding hydrogens is 244 g/mol. The fourth-order valence-electron chi connectivity index (χ4n) is 3.06. The first kappa shape index (κ1) is 19.7. The van der Waals surface area contributed by atoms with Gasteiger partial charge in [-0.3, -0.25) is 4.79 Å². The van der Waals surface area contributed by atoms with Gasteiger partial charge in [-0.2, -0.15) is 0 Å². The predicted molar refractivity (Wildman–Crippen MR) is 90.1 cm³/mol. The van der Waals surface area contributed by atoms with E-state index in [1.807, 2.05) is 0 Å². The number of Topliss-reactive ketones (excluding diaryl/α,β-unsaturated/α-hetero) is 1. The van der Waals surface area contributed by atoms with E-state index in [-0.39, 0.29) is 0 Å². The van der Waals surface area contributed by atoms with Gasteiger partial charge in [0.15, 0.2) is 0 Å². The highest BCUT2D eigenvalue weighted by Crippen LogP contribution is 2.26. The molecule has 20 heavy (non-hydrogen) atoms. The van der Waals surface area contributed by atoms with Crippen molar-refractivity contribution in [3.05, 3.63) is 0 Å². The zero-order valence-corrected chi connectivity index (χ0v) is 14.8. The zero-order chi connectivity index (χ0) is 15.4. The van der Waals surface area contributed by atoms with Crippen LogP contribution in [0.25, 0.3) is 0 Å². The van der Waals surface area contributed by atoms with Gasteiger partial charge < -0.3 is 0 Å². The Morgan fingerprint density at radius 3 is 1.90 bits per heavy atom. The minimum atomic E-state index is 0.345. The van der Waals surface area contributed by atoms with Gasteiger partial charge in [-0.25, -0.2) is 0 Å². The molecule has 0 radical (unpaired) electrons. The van der Waals surface area contributed by atoms with Crippen LogP contribution < -0.4 is 0 Å². The van der Waals surface area contributed by atoms with Crippen LogP contribution in [0.2, 0.25) is 0 Å². The summed E-state index contributed by atoms with van der Waals surface area (Å²) >= 11 is 0. The Labute approximate surface area is 127 Å². The largest absolute Gasteiger partial charge is 0.300 e. The zero-order valence-electron chi connectivity index (χ0n) is 14.8. The van der Waals surface area contributed by atoms with Gasteiger partial charge in [0.25, 0.3) is 0 Å². The molecule has 0 aliphatic carbocycles. The average Bonchev–Trinajstić information content (AvgIpc) is 2.30. The summed E-state index contributed by atoms with van der Waals surface area (Å²) in [6, 6.07) is 0. The van der Waals surface area contributed by atoms with Crippen LogP contribution in [0.1, 0.15) is 105 Å². The minimum absolute atomic E-state index is 0.345. The summed E-state index contributed by atoms with van der Waals surface area (Å²) in [5, 5.41) is 0. The lowest BCUT2D eigenvalue weighted by Crippen LogP contribution is -2.14. The normalized spacial score (nSPS) is 13.4. The highest BCUT2D eigenvalue weighted by Gasteiger charge is 2.17. The summed E-state index contributed by atoms with van der Waals surface area (Å²) in [5.41, 5.74) is 0.345. The molecule has 0 aromatic heterocycles. The Hall–Kier alpha value is -0.330. The van der Waals surface area contributed by atoms with Crippen LogP contribution in [0.15, 0.2) is 0 Å². The van der Waals surface area contributed by atoms with E-state index in [0.717, 1.165) is 25.7 Å². The average molecular weight is 283 g/mol. The van der Waals surface area contributed by atoms with Crippen molar-refractivity contribution in [2.75, 3.05) is 0 Å². The molecule has 0 bridgehead atoms. The van der Waals surface area contributed by atoms with Crippen LogP contribution in [0.3, 0.4) is 0 Å². The van der Waals surface area contributed by atoms with Gasteiger partial charge in [0.05, 0.1) is 0 Å². The monoisotopic (exact) mass is 282 g/mol. The maximum atomic E-state index is 11.9. The number of hydrogen-bond donors (Lipinski definition) is 0. The van der Waals surface area contributed by atoms with Gasteiger partial charge in [0.2, 0.25) is 0 Å². The summed E-state index contributed by atoms with van der Waals surface area (Å²) in [6.45, 7) is 11.2. The van der Waals surface area contributed by atoms with Gasteiger partial charge in [0, 0.05) is 12.8 Å². The summed E-state index contributed by atoms with van der Waals surface area (Å²) in [4.78, 5) is 11.9.